The van der Waals surface area contributed by atoms with E-state index >= 15 is 0 Å². The van der Waals surface area contributed by atoms with E-state index in [1.807, 2.05) is 11.3 Å². The number of thiazole rings is 1. The molecule has 0 spiro atoms. The van der Waals surface area contributed by atoms with Gasteiger partial charge in [-0.2, -0.15) is 0 Å². The van der Waals surface area contributed by atoms with Crippen LogP contribution >= 0.6 is 11.3 Å². The molecule has 2 aliphatic rings. The number of benzene rings is 1. The predicted molar refractivity (Wildman–Crippen MR) is 80.8 cm³/mol. The van der Waals surface area contributed by atoms with Crippen molar-refractivity contribution in [1.29, 1.82) is 0 Å². The maximum atomic E-state index is 4.81. The van der Waals surface area contributed by atoms with Crippen LogP contribution in [-0.4, -0.2) is 28.5 Å². The Morgan fingerprint density at radius 1 is 1.26 bits per heavy atom. The van der Waals surface area contributed by atoms with E-state index in [1.54, 1.807) is 0 Å². The molecule has 1 aromatic heterocycles. The Bertz CT molecular complexity index is 552. The number of fused-ring (bicyclic) bond motifs is 1. The first-order valence-corrected chi connectivity index (χ1v) is 8.24. The number of hydrogen-bond donors (Lipinski definition) is 0. The van der Waals surface area contributed by atoms with Crippen molar-refractivity contribution in [3.05, 3.63) is 29.3 Å². The highest BCUT2D eigenvalue weighted by Gasteiger charge is 2.39. The molecule has 3 heteroatoms. The molecule has 2 aromatic rings. The van der Waals surface area contributed by atoms with Crippen molar-refractivity contribution in [2.75, 3.05) is 6.54 Å². The molecule has 1 aliphatic carbocycles. The van der Waals surface area contributed by atoms with Crippen molar-refractivity contribution < 1.29 is 0 Å². The lowest BCUT2D eigenvalue weighted by Gasteiger charge is -2.42. The summed E-state index contributed by atoms with van der Waals surface area (Å²) in [6.07, 6.45) is 5.43. The third-order valence-corrected chi connectivity index (χ3v) is 6.05. The highest BCUT2D eigenvalue weighted by molar-refractivity contribution is 7.18. The van der Waals surface area contributed by atoms with Crippen molar-refractivity contribution in [2.24, 2.45) is 0 Å². The number of hydrogen-bond acceptors (Lipinski definition) is 3. The number of nitrogens with zero attached hydrogens (tertiary/aromatic N) is 2. The number of aromatic nitrogens is 1. The van der Waals surface area contributed by atoms with Gasteiger partial charge in [0, 0.05) is 18.0 Å². The summed E-state index contributed by atoms with van der Waals surface area (Å²) >= 11 is 1.90. The molecule has 19 heavy (non-hydrogen) atoms. The molecule has 1 aromatic carbocycles. The average molecular weight is 272 g/mol. The fraction of sp³-hybridized carbons (Fsp3) is 0.562. The van der Waals surface area contributed by atoms with Gasteiger partial charge in [0.05, 0.1) is 15.2 Å². The molecule has 0 unspecified atom stereocenters. The van der Waals surface area contributed by atoms with E-state index in [1.165, 1.54) is 47.5 Å². The summed E-state index contributed by atoms with van der Waals surface area (Å²) < 4.78 is 1.34. The van der Waals surface area contributed by atoms with E-state index in [0.29, 0.717) is 0 Å². The summed E-state index contributed by atoms with van der Waals surface area (Å²) in [7, 11) is 0. The van der Waals surface area contributed by atoms with Crippen LogP contribution in [0.2, 0.25) is 0 Å². The second kappa shape index (κ2) is 4.57. The summed E-state index contributed by atoms with van der Waals surface area (Å²) in [4.78, 5) is 7.54. The number of likely N-dealkylation sites (tertiary alicyclic amines) is 1. The maximum absolute atomic E-state index is 4.81. The van der Waals surface area contributed by atoms with Gasteiger partial charge >= 0.3 is 0 Å². The summed E-state index contributed by atoms with van der Waals surface area (Å²) in [5.74, 6) is 0.718. The highest BCUT2D eigenvalue weighted by atomic mass is 32.1. The molecule has 0 N–H and O–H groups in total. The first-order chi connectivity index (χ1) is 9.31. The molecule has 1 atom stereocenters. The molecule has 0 radical (unpaired) electrons. The fourth-order valence-corrected chi connectivity index (χ4v) is 4.72. The highest BCUT2D eigenvalue weighted by Crippen LogP contribution is 2.44. The molecule has 2 nitrogen and oxygen atoms in total. The number of rotatable bonds is 2. The van der Waals surface area contributed by atoms with Crippen LogP contribution in [0, 0.1) is 0 Å². The second-order valence-electron chi connectivity index (χ2n) is 6.07. The van der Waals surface area contributed by atoms with E-state index in [9.17, 15) is 0 Å². The Kier molecular flexibility index (Phi) is 2.85. The third-order valence-electron chi connectivity index (χ3n) is 4.85. The fourth-order valence-electron chi connectivity index (χ4n) is 3.62. The van der Waals surface area contributed by atoms with Crippen LogP contribution in [0.5, 0.6) is 0 Å². The van der Waals surface area contributed by atoms with Gasteiger partial charge in [-0.15, -0.1) is 11.3 Å². The van der Waals surface area contributed by atoms with Gasteiger partial charge in [0.15, 0.2) is 0 Å². The third kappa shape index (κ3) is 2.00. The van der Waals surface area contributed by atoms with Crippen LogP contribution in [-0.2, 0) is 0 Å². The Morgan fingerprint density at radius 3 is 2.84 bits per heavy atom. The van der Waals surface area contributed by atoms with E-state index in [0.717, 1.165) is 18.0 Å². The lowest BCUT2D eigenvalue weighted by atomic mass is 9.79. The standard InChI is InChI=1S/C16H20N2S/c1-11-5-4-8-18(11)13-9-12(10-13)16-17-14-6-2-3-7-15(14)19-16/h2-3,6-7,11-13H,4-5,8-10H2,1H3/t11-,12?,13?/m1/s1. The summed E-state index contributed by atoms with van der Waals surface area (Å²) in [6.45, 7) is 3.70. The van der Waals surface area contributed by atoms with Gasteiger partial charge in [0.2, 0.25) is 0 Å². The molecule has 0 amide bonds. The molecule has 2 heterocycles. The topological polar surface area (TPSA) is 16.1 Å². The zero-order chi connectivity index (χ0) is 12.8. The van der Waals surface area contributed by atoms with Crippen LogP contribution in [0.25, 0.3) is 10.2 Å². The van der Waals surface area contributed by atoms with Gasteiger partial charge in [0.25, 0.3) is 0 Å². The van der Waals surface area contributed by atoms with Crippen molar-refractivity contribution in [3.63, 3.8) is 0 Å². The Hall–Kier alpha value is -0.930. The van der Waals surface area contributed by atoms with Gasteiger partial charge < -0.3 is 0 Å². The van der Waals surface area contributed by atoms with E-state index < -0.39 is 0 Å². The smallest absolute Gasteiger partial charge is 0.0970 e. The maximum Gasteiger partial charge on any atom is 0.0970 e. The quantitative estimate of drug-likeness (QED) is 0.820. The van der Waals surface area contributed by atoms with Crippen molar-refractivity contribution in [1.82, 2.24) is 9.88 Å². The second-order valence-corrected chi connectivity index (χ2v) is 7.13. The van der Waals surface area contributed by atoms with Gasteiger partial charge in [-0.25, -0.2) is 4.98 Å². The minimum Gasteiger partial charge on any atom is -0.298 e. The van der Waals surface area contributed by atoms with E-state index in [-0.39, 0.29) is 0 Å². The molecule has 1 aliphatic heterocycles. The summed E-state index contributed by atoms with van der Waals surface area (Å²) in [5, 5.41) is 1.37. The van der Waals surface area contributed by atoms with E-state index in [2.05, 4.69) is 36.1 Å². The van der Waals surface area contributed by atoms with Crippen LogP contribution in [0.4, 0.5) is 0 Å². The Labute approximate surface area is 118 Å². The molecule has 1 saturated heterocycles. The molecule has 4 rings (SSSR count). The largest absolute Gasteiger partial charge is 0.298 e. The van der Waals surface area contributed by atoms with Crippen LogP contribution in [0.3, 0.4) is 0 Å². The first-order valence-electron chi connectivity index (χ1n) is 7.42. The average Bonchev–Trinajstić information content (AvgIpc) is 2.94. The molecular formula is C16H20N2S. The molecule has 2 fully saturated rings. The van der Waals surface area contributed by atoms with E-state index in [4.69, 9.17) is 4.98 Å². The minimum absolute atomic E-state index is 0.718. The molecule has 1 saturated carbocycles. The van der Waals surface area contributed by atoms with Gasteiger partial charge in [-0.3, -0.25) is 4.90 Å². The van der Waals surface area contributed by atoms with Gasteiger partial charge in [-0.05, 0) is 51.3 Å². The lowest BCUT2D eigenvalue weighted by molar-refractivity contribution is 0.103. The normalized spacial score (nSPS) is 31.7. The predicted octanol–water partition coefficient (Wildman–Crippen LogP) is 4.03. The minimum atomic E-state index is 0.718. The van der Waals surface area contributed by atoms with Gasteiger partial charge in [0.1, 0.15) is 0 Å². The SMILES string of the molecule is C[C@@H]1CCCN1C1CC(c2nc3ccccc3s2)C1. The lowest BCUT2D eigenvalue weighted by Crippen LogP contribution is -2.45. The van der Waals surface area contributed by atoms with Crippen LogP contribution < -0.4 is 0 Å². The van der Waals surface area contributed by atoms with Crippen molar-refractivity contribution >= 4 is 21.6 Å². The summed E-state index contributed by atoms with van der Waals surface area (Å²) in [6, 6.07) is 10.2. The van der Waals surface area contributed by atoms with Crippen molar-refractivity contribution in [2.45, 2.75) is 50.6 Å². The Morgan fingerprint density at radius 2 is 2.11 bits per heavy atom. The monoisotopic (exact) mass is 272 g/mol. The number of para-hydroxylation sites is 1. The first kappa shape index (κ1) is 11.9. The van der Waals surface area contributed by atoms with Crippen LogP contribution in [0.15, 0.2) is 24.3 Å². The van der Waals surface area contributed by atoms with Gasteiger partial charge in [-0.1, -0.05) is 12.1 Å². The molecular weight excluding hydrogens is 252 g/mol. The molecule has 0 bridgehead atoms. The molecule has 100 valence electrons. The Balaban J connectivity index is 1.47. The zero-order valence-electron chi connectivity index (χ0n) is 11.4. The zero-order valence-corrected chi connectivity index (χ0v) is 12.2. The van der Waals surface area contributed by atoms with Crippen molar-refractivity contribution in [3.8, 4) is 0 Å². The summed E-state index contributed by atoms with van der Waals surface area (Å²) in [5.41, 5.74) is 1.18. The van der Waals surface area contributed by atoms with Crippen LogP contribution in [0.1, 0.15) is 43.5 Å².